The summed E-state index contributed by atoms with van der Waals surface area (Å²) in [5.74, 6) is -0.380. The normalized spacial score (nSPS) is 20.2. The average molecular weight is 466 g/mol. The van der Waals surface area contributed by atoms with Gasteiger partial charge in [0.25, 0.3) is 0 Å². The molecule has 0 aromatic heterocycles. The van der Waals surface area contributed by atoms with Gasteiger partial charge >= 0.3 is 5.97 Å². The Bertz CT molecular complexity index is 1340. The Hall–Kier alpha value is -3.66. The van der Waals surface area contributed by atoms with Gasteiger partial charge in [-0.1, -0.05) is 86.6 Å². The number of fused-ring (bicyclic) bond motifs is 1. The summed E-state index contributed by atoms with van der Waals surface area (Å²) >= 11 is 0. The summed E-state index contributed by atoms with van der Waals surface area (Å²) in [6, 6.07) is 24.5. The smallest absolute Gasteiger partial charge is 0.336 e. The van der Waals surface area contributed by atoms with Gasteiger partial charge in [-0.3, -0.25) is 4.79 Å². The van der Waals surface area contributed by atoms with Crippen LogP contribution in [0.1, 0.15) is 56.6 Å². The summed E-state index contributed by atoms with van der Waals surface area (Å²) in [4.78, 5) is 27.2. The first kappa shape index (κ1) is 23.1. The number of rotatable bonds is 5. The van der Waals surface area contributed by atoms with Crippen LogP contribution in [0.3, 0.4) is 0 Å². The monoisotopic (exact) mass is 465 g/mol. The van der Waals surface area contributed by atoms with Crippen LogP contribution in [0, 0.1) is 5.92 Å². The minimum absolute atomic E-state index is 0.0900. The van der Waals surface area contributed by atoms with Gasteiger partial charge < -0.3 is 10.1 Å². The number of nitrogens with one attached hydrogen (secondary N) is 1. The fraction of sp³-hybridized carbons (Fsp3) is 0.290. The van der Waals surface area contributed by atoms with Crippen molar-refractivity contribution in [1.29, 1.82) is 0 Å². The van der Waals surface area contributed by atoms with Crippen molar-refractivity contribution < 1.29 is 14.3 Å². The van der Waals surface area contributed by atoms with Gasteiger partial charge in [0.05, 0.1) is 12.2 Å². The van der Waals surface area contributed by atoms with E-state index in [-0.39, 0.29) is 23.6 Å². The van der Waals surface area contributed by atoms with Crippen molar-refractivity contribution in [3.63, 3.8) is 0 Å². The van der Waals surface area contributed by atoms with Crippen molar-refractivity contribution in [2.45, 2.75) is 45.4 Å². The second-order valence-electron chi connectivity index (χ2n) is 9.99. The van der Waals surface area contributed by atoms with Crippen LogP contribution in [0.4, 0.5) is 0 Å². The molecule has 2 atom stereocenters. The molecule has 0 saturated heterocycles. The van der Waals surface area contributed by atoms with E-state index in [4.69, 9.17) is 4.74 Å². The molecule has 0 amide bonds. The predicted molar refractivity (Wildman–Crippen MR) is 139 cm³/mol. The maximum Gasteiger partial charge on any atom is 0.336 e. The second-order valence-corrected chi connectivity index (χ2v) is 9.99. The number of carbonyl (C=O) groups excluding carboxylic acids is 2. The first-order valence-corrected chi connectivity index (χ1v) is 12.4. The first-order chi connectivity index (χ1) is 16.9. The predicted octanol–water partition coefficient (Wildman–Crippen LogP) is 6.40. The Morgan fingerprint density at radius 3 is 2.46 bits per heavy atom. The molecule has 0 radical (unpaired) electrons. The van der Waals surface area contributed by atoms with E-state index in [1.807, 2.05) is 63.2 Å². The Balaban J connectivity index is 1.64. The molecule has 1 aliphatic heterocycles. The van der Waals surface area contributed by atoms with Crippen molar-refractivity contribution in [3.8, 4) is 0 Å². The van der Waals surface area contributed by atoms with E-state index in [0.29, 0.717) is 24.2 Å². The van der Waals surface area contributed by atoms with Crippen LogP contribution in [-0.4, -0.2) is 18.4 Å². The molecule has 1 heterocycles. The summed E-state index contributed by atoms with van der Waals surface area (Å²) in [5.41, 5.74) is 5.06. The molecule has 3 aromatic rings. The van der Waals surface area contributed by atoms with Crippen molar-refractivity contribution in [3.05, 3.63) is 106 Å². The minimum atomic E-state index is -0.457. The molecular formula is C31H31NO3. The largest absolute Gasteiger partial charge is 0.462 e. The number of ketones is 1. The van der Waals surface area contributed by atoms with E-state index in [9.17, 15) is 9.59 Å². The highest BCUT2D eigenvalue weighted by atomic mass is 16.5. The Kier molecular flexibility index (Phi) is 6.29. The molecule has 2 aliphatic rings. The van der Waals surface area contributed by atoms with Gasteiger partial charge in [0.2, 0.25) is 0 Å². The molecule has 5 rings (SSSR count). The number of dihydropyridines is 1. The number of ether oxygens (including phenoxy) is 1. The number of Topliss-reactive ketones (excluding diaryl/α,β-unsaturated/α-hetero) is 1. The van der Waals surface area contributed by atoms with Gasteiger partial charge in [0.1, 0.15) is 0 Å². The molecule has 0 unspecified atom stereocenters. The fourth-order valence-corrected chi connectivity index (χ4v) is 5.40. The van der Waals surface area contributed by atoms with E-state index in [0.717, 1.165) is 34.2 Å². The third-order valence-corrected chi connectivity index (χ3v) is 7.00. The zero-order chi connectivity index (χ0) is 24.5. The van der Waals surface area contributed by atoms with Gasteiger partial charge in [-0.05, 0) is 47.1 Å². The number of hydrogen-bond donors (Lipinski definition) is 1. The standard InChI is InChI=1S/C31H31NO3/c1-19(2)18-35-31(34)28-20(3)32-26-16-23(21-10-5-4-6-11-21)17-27(33)30(26)29(28)25-15-9-13-22-12-7-8-14-24(22)25/h4-15,19,23,29,32H,16-18H2,1-3H3/t23-,29-/m1/s1. The van der Waals surface area contributed by atoms with Crippen LogP contribution in [-0.2, 0) is 14.3 Å². The van der Waals surface area contributed by atoms with Crippen molar-refractivity contribution in [1.82, 2.24) is 5.32 Å². The molecule has 0 saturated carbocycles. The molecule has 35 heavy (non-hydrogen) atoms. The zero-order valence-corrected chi connectivity index (χ0v) is 20.5. The first-order valence-electron chi connectivity index (χ1n) is 12.4. The van der Waals surface area contributed by atoms with E-state index >= 15 is 0 Å². The van der Waals surface area contributed by atoms with E-state index in [1.54, 1.807) is 0 Å². The van der Waals surface area contributed by atoms with Crippen LogP contribution in [0.25, 0.3) is 10.8 Å². The van der Waals surface area contributed by atoms with Crippen molar-refractivity contribution in [2.75, 3.05) is 6.61 Å². The number of benzene rings is 3. The highest BCUT2D eigenvalue weighted by molar-refractivity contribution is 6.05. The molecule has 0 spiro atoms. The lowest BCUT2D eigenvalue weighted by Gasteiger charge is -2.37. The lowest BCUT2D eigenvalue weighted by molar-refractivity contribution is -0.140. The third kappa shape index (κ3) is 4.41. The quantitative estimate of drug-likeness (QED) is 0.443. The molecule has 0 fully saturated rings. The topological polar surface area (TPSA) is 55.4 Å². The summed E-state index contributed by atoms with van der Waals surface area (Å²) in [5, 5.41) is 5.59. The van der Waals surface area contributed by atoms with E-state index in [2.05, 4.69) is 35.6 Å². The number of esters is 1. The van der Waals surface area contributed by atoms with Gasteiger partial charge in [-0.2, -0.15) is 0 Å². The van der Waals surface area contributed by atoms with Crippen molar-refractivity contribution >= 4 is 22.5 Å². The number of allylic oxidation sites excluding steroid dienone is 3. The zero-order valence-electron chi connectivity index (χ0n) is 20.5. The molecule has 4 heteroatoms. The lowest BCUT2D eigenvalue weighted by atomic mass is 9.71. The molecular weight excluding hydrogens is 434 g/mol. The maximum atomic E-state index is 13.8. The fourth-order valence-electron chi connectivity index (χ4n) is 5.40. The minimum Gasteiger partial charge on any atom is -0.462 e. The Morgan fingerprint density at radius 1 is 0.971 bits per heavy atom. The Labute approximate surface area is 206 Å². The molecule has 4 nitrogen and oxygen atoms in total. The highest BCUT2D eigenvalue weighted by Crippen LogP contribution is 2.47. The summed E-state index contributed by atoms with van der Waals surface area (Å²) in [6.45, 7) is 6.30. The lowest BCUT2D eigenvalue weighted by Crippen LogP contribution is -2.36. The summed E-state index contributed by atoms with van der Waals surface area (Å²) in [6.07, 6.45) is 1.16. The van der Waals surface area contributed by atoms with Crippen LogP contribution in [0.2, 0.25) is 0 Å². The Morgan fingerprint density at radius 2 is 1.69 bits per heavy atom. The van der Waals surface area contributed by atoms with Gasteiger partial charge in [0.15, 0.2) is 5.78 Å². The molecule has 1 aliphatic carbocycles. The van der Waals surface area contributed by atoms with Crippen LogP contribution >= 0.6 is 0 Å². The SMILES string of the molecule is CC1=C(C(=O)OCC(C)C)[C@@H](c2cccc3ccccc23)C2=C(C[C@@H](c3ccccc3)CC2=O)N1. The van der Waals surface area contributed by atoms with Crippen LogP contribution < -0.4 is 5.32 Å². The number of carbonyl (C=O) groups is 2. The molecule has 1 N–H and O–H groups in total. The maximum absolute atomic E-state index is 13.8. The molecule has 3 aromatic carbocycles. The number of hydrogen-bond acceptors (Lipinski definition) is 4. The van der Waals surface area contributed by atoms with E-state index in [1.165, 1.54) is 5.56 Å². The second kappa shape index (κ2) is 9.53. The van der Waals surface area contributed by atoms with Crippen LogP contribution in [0.5, 0.6) is 0 Å². The highest BCUT2D eigenvalue weighted by Gasteiger charge is 2.41. The van der Waals surface area contributed by atoms with Gasteiger partial charge in [-0.25, -0.2) is 4.79 Å². The summed E-state index contributed by atoms with van der Waals surface area (Å²) in [7, 11) is 0. The summed E-state index contributed by atoms with van der Waals surface area (Å²) < 4.78 is 5.71. The average Bonchev–Trinajstić information content (AvgIpc) is 2.86. The third-order valence-electron chi connectivity index (χ3n) is 7.00. The molecule has 178 valence electrons. The van der Waals surface area contributed by atoms with E-state index < -0.39 is 5.92 Å². The van der Waals surface area contributed by atoms with Gasteiger partial charge in [-0.15, -0.1) is 0 Å². The van der Waals surface area contributed by atoms with Crippen LogP contribution in [0.15, 0.2) is 95.3 Å². The molecule has 0 bridgehead atoms. The van der Waals surface area contributed by atoms with Gasteiger partial charge in [0, 0.05) is 29.3 Å². The van der Waals surface area contributed by atoms with Crippen molar-refractivity contribution in [2.24, 2.45) is 5.92 Å².